The van der Waals surface area contributed by atoms with Crippen LogP contribution in [-0.4, -0.2) is 23.6 Å². The van der Waals surface area contributed by atoms with Crippen molar-refractivity contribution in [3.05, 3.63) is 0 Å². The predicted octanol–water partition coefficient (Wildman–Crippen LogP) is 3.40. The molecule has 0 aromatic carbocycles. The molecule has 94 valence electrons. The van der Waals surface area contributed by atoms with Crippen LogP contribution in [0, 0.1) is 11.8 Å². The molecule has 2 fully saturated rings. The van der Waals surface area contributed by atoms with Gasteiger partial charge in [-0.25, -0.2) is 8.78 Å². The van der Waals surface area contributed by atoms with Crippen LogP contribution in [0.3, 0.4) is 0 Å². The summed E-state index contributed by atoms with van der Waals surface area (Å²) in [6.07, 6.45) is 3.90. The fourth-order valence-electron chi connectivity index (χ4n) is 3.27. The molecule has 3 heteroatoms. The molecule has 4 atom stereocenters. The monoisotopic (exact) mass is 232 g/mol. The smallest absolute Gasteiger partial charge is 0.157 e. The molecule has 0 aliphatic heterocycles. The lowest BCUT2D eigenvalue weighted by Crippen LogP contribution is -2.42. The van der Waals surface area contributed by atoms with Crippen LogP contribution in [0.15, 0.2) is 0 Å². The Balaban J connectivity index is 1.84. The van der Waals surface area contributed by atoms with Crippen LogP contribution in [-0.2, 0) is 0 Å². The summed E-state index contributed by atoms with van der Waals surface area (Å²) in [5.74, 6) is 0.445. The highest BCUT2D eigenvalue weighted by Crippen LogP contribution is 2.37. The number of aliphatic hydroxyl groups excluding tert-OH is 1. The zero-order chi connectivity index (χ0) is 11.5. The normalized spacial score (nSPS) is 42.2. The molecule has 0 aromatic heterocycles. The Hall–Kier alpha value is -0.180. The molecule has 0 amide bonds. The molecule has 0 radical (unpaired) electrons. The first-order valence-electron chi connectivity index (χ1n) is 6.64. The highest BCUT2D eigenvalue weighted by molar-refractivity contribution is 4.89. The van der Waals surface area contributed by atoms with Gasteiger partial charge in [0.15, 0.2) is 6.17 Å². The lowest BCUT2D eigenvalue weighted by molar-refractivity contribution is -0.0406. The van der Waals surface area contributed by atoms with E-state index in [9.17, 15) is 13.9 Å². The molecular formula is C13H22F2O. The topological polar surface area (TPSA) is 20.2 Å². The van der Waals surface area contributed by atoms with Gasteiger partial charge < -0.3 is 5.11 Å². The Morgan fingerprint density at radius 2 is 1.56 bits per heavy atom. The maximum absolute atomic E-state index is 13.7. The largest absolute Gasteiger partial charge is 0.390 e. The summed E-state index contributed by atoms with van der Waals surface area (Å²) in [5.41, 5.74) is 0. The fourth-order valence-corrected chi connectivity index (χ4v) is 3.27. The van der Waals surface area contributed by atoms with Crippen LogP contribution >= 0.6 is 0 Å². The Bertz CT molecular complexity index is 216. The van der Waals surface area contributed by atoms with E-state index in [4.69, 9.17) is 0 Å². The number of halogens is 2. The SMILES string of the molecule is OC1CCC(CC2CCCCC2)C(F)C1F. The lowest BCUT2D eigenvalue weighted by Gasteiger charge is -2.35. The van der Waals surface area contributed by atoms with Gasteiger partial charge in [-0.3, -0.25) is 0 Å². The first kappa shape index (κ1) is 12.3. The van der Waals surface area contributed by atoms with Crippen LogP contribution in [0.25, 0.3) is 0 Å². The maximum Gasteiger partial charge on any atom is 0.157 e. The van der Waals surface area contributed by atoms with Gasteiger partial charge in [-0.2, -0.15) is 0 Å². The second-order valence-corrected chi connectivity index (χ2v) is 5.53. The van der Waals surface area contributed by atoms with E-state index in [0.29, 0.717) is 18.8 Å². The molecule has 0 aromatic rings. The molecular weight excluding hydrogens is 210 g/mol. The van der Waals surface area contributed by atoms with E-state index in [1.165, 1.54) is 32.1 Å². The van der Waals surface area contributed by atoms with Crippen molar-refractivity contribution in [3.8, 4) is 0 Å². The van der Waals surface area contributed by atoms with Crippen molar-refractivity contribution in [1.29, 1.82) is 0 Å². The fraction of sp³-hybridized carbons (Fsp3) is 1.00. The number of alkyl halides is 2. The summed E-state index contributed by atoms with van der Waals surface area (Å²) >= 11 is 0. The molecule has 0 saturated heterocycles. The van der Waals surface area contributed by atoms with Gasteiger partial charge in [-0.15, -0.1) is 0 Å². The van der Waals surface area contributed by atoms with Gasteiger partial charge in [0.05, 0.1) is 6.10 Å². The Morgan fingerprint density at radius 3 is 2.25 bits per heavy atom. The highest BCUT2D eigenvalue weighted by Gasteiger charge is 2.40. The number of rotatable bonds is 2. The van der Waals surface area contributed by atoms with Crippen molar-refractivity contribution in [2.75, 3.05) is 0 Å². The van der Waals surface area contributed by atoms with Crippen molar-refractivity contribution in [3.63, 3.8) is 0 Å². The van der Waals surface area contributed by atoms with Crippen molar-refractivity contribution in [2.45, 2.75) is 69.8 Å². The number of hydrogen-bond acceptors (Lipinski definition) is 1. The van der Waals surface area contributed by atoms with Gasteiger partial charge in [0.25, 0.3) is 0 Å². The van der Waals surface area contributed by atoms with E-state index in [-0.39, 0.29) is 5.92 Å². The summed E-state index contributed by atoms with van der Waals surface area (Å²) in [6, 6.07) is 0. The first-order valence-corrected chi connectivity index (χ1v) is 6.64. The summed E-state index contributed by atoms with van der Waals surface area (Å²) in [5, 5.41) is 9.26. The molecule has 0 spiro atoms. The molecule has 2 saturated carbocycles. The Morgan fingerprint density at radius 1 is 0.875 bits per heavy atom. The van der Waals surface area contributed by atoms with E-state index in [1.54, 1.807) is 0 Å². The number of aliphatic hydroxyl groups is 1. The molecule has 4 unspecified atom stereocenters. The van der Waals surface area contributed by atoms with E-state index in [1.807, 2.05) is 0 Å². The van der Waals surface area contributed by atoms with E-state index < -0.39 is 18.4 Å². The van der Waals surface area contributed by atoms with E-state index in [0.717, 1.165) is 6.42 Å². The van der Waals surface area contributed by atoms with Crippen molar-refractivity contribution in [2.24, 2.45) is 11.8 Å². The van der Waals surface area contributed by atoms with Gasteiger partial charge in [0, 0.05) is 0 Å². The third kappa shape index (κ3) is 2.73. The van der Waals surface area contributed by atoms with E-state index >= 15 is 0 Å². The van der Waals surface area contributed by atoms with Gasteiger partial charge >= 0.3 is 0 Å². The summed E-state index contributed by atoms with van der Waals surface area (Å²) < 4.78 is 27.1. The van der Waals surface area contributed by atoms with Crippen LogP contribution in [0.1, 0.15) is 51.4 Å². The summed E-state index contributed by atoms with van der Waals surface area (Å²) in [7, 11) is 0. The maximum atomic E-state index is 13.7. The molecule has 1 nitrogen and oxygen atoms in total. The quantitative estimate of drug-likeness (QED) is 0.773. The third-order valence-electron chi connectivity index (χ3n) is 4.32. The Kier molecular flexibility index (Phi) is 4.17. The van der Waals surface area contributed by atoms with Crippen molar-refractivity contribution in [1.82, 2.24) is 0 Å². The summed E-state index contributed by atoms with van der Waals surface area (Å²) in [6.45, 7) is 0. The third-order valence-corrected chi connectivity index (χ3v) is 4.32. The van der Waals surface area contributed by atoms with Crippen molar-refractivity contribution >= 4 is 0 Å². The average Bonchev–Trinajstić information content (AvgIpc) is 2.31. The van der Waals surface area contributed by atoms with Crippen LogP contribution in [0.4, 0.5) is 8.78 Å². The Labute approximate surface area is 96.2 Å². The summed E-state index contributed by atoms with van der Waals surface area (Å²) in [4.78, 5) is 0. The molecule has 16 heavy (non-hydrogen) atoms. The van der Waals surface area contributed by atoms with Crippen LogP contribution in [0.5, 0.6) is 0 Å². The molecule has 0 bridgehead atoms. The van der Waals surface area contributed by atoms with Crippen LogP contribution in [0.2, 0.25) is 0 Å². The minimum absolute atomic E-state index is 0.151. The zero-order valence-electron chi connectivity index (χ0n) is 9.75. The average molecular weight is 232 g/mol. The van der Waals surface area contributed by atoms with Crippen LogP contribution < -0.4 is 0 Å². The molecule has 0 heterocycles. The molecule has 1 N–H and O–H groups in total. The van der Waals surface area contributed by atoms with E-state index in [2.05, 4.69) is 0 Å². The first-order chi connectivity index (χ1) is 7.68. The molecule has 2 aliphatic rings. The second-order valence-electron chi connectivity index (χ2n) is 5.53. The highest BCUT2D eigenvalue weighted by atomic mass is 19.2. The molecule has 2 rings (SSSR count). The standard InChI is InChI=1S/C13H22F2O/c14-12-10(6-7-11(16)13(12)15)8-9-4-2-1-3-5-9/h9-13,16H,1-8H2. The van der Waals surface area contributed by atoms with Gasteiger partial charge in [-0.1, -0.05) is 32.1 Å². The lowest BCUT2D eigenvalue weighted by atomic mass is 9.75. The number of hydrogen-bond donors (Lipinski definition) is 1. The van der Waals surface area contributed by atoms with Gasteiger partial charge in [0.2, 0.25) is 0 Å². The van der Waals surface area contributed by atoms with Crippen molar-refractivity contribution < 1.29 is 13.9 Å². The van der Waals surface area contributed by atoms with Gasteiger partial charge in [-0.05, 0) is 31.1 Å². The predicted molar refractivity (Wildman–Crippen MR) is 59.7 cm³/mol. The minimum atomic E-state index is -1.65. The minimum Gasteiger partial charge on any atom is -0.390 e. The van der Waals surface area contributed by atoms with Gasteiger partial charge in [0.1, 0.15) is 6.17 Å². The molecule has 2 aliphatic carbocycles. The zero-order valence-corrected chi connectivity index (χ0v) is 9.75. The second kappa shape index (κ2) is 5.44.